The molecule has 0 saturated carbocycles. The fourth-order valence-corrected chi connectivity index (χ4v) is 4.40. The van der Waals surface area contributed by atoms with Crippen molar-refractivity contribution < 1.29 is 18.0 Å². The number of amides is 2. The Balaban J connectivity index is 1.82. The lowest BCUT2D eigenvalue weighted by Crippen LogP contribution is -2.24. The molecule has 0 aliphatic rings. The monoisotopic (exact) mass is 451 g/mol. The van der Waals surface area contributed by atoms with E-state index in [1.807, 2.05) is 37.3 Å². The summed E-state index contributed by atoms with van der Waals surface area (Å²) in [5.41, 5.74) is 3.45. The van der Waals surface area contributed by atoms with Gasteiger partial charge in [-0.3, -0.25) is 9.59 Å². The molecule has 0 atom stereocenters. The van der Waals surface area contributed by atoms with E-state index in [0.717, 1.165) is 11.1 Å². The highest BCUT2D eigenvalue weighted by Crippen LogP contribution is 2.23. The van der Waals surface area contributed by atoms with Crippen molar-refractivity contribution in [2.24, 2.45) is 0 Å². The minimum atomic E-state index is -3.82. The van der Waals surface area contributed by atoms with Crippen LogP contribution in [0.25, 0.3) is 0 Å². The normalized spacial score (nSPS) is 11.1. The number of hydrogen-bond acceptors (Lipinski definition) is 4. The number of anilines is 2. The van der Waals surface area contributed by atoms with Gasteiger partial charge in [-0.1, -0.05) is 42.5 Å². The third-order valence-corrected chi connectivity index (χ3v) is 6.40. The number of hydrogen-bond donors (Lipinski definition) is 3. The standard InChI is InChI=1S/C24H25N3O4S/c1-16-10-12-21(26-18(3)28)14-22(16)27-24(29)20-11-9-17(2)23(13-20)32(30,31)25-15-19-7-5-4-6-8-19/h4-14,25H,15H2,1-3H3,(H,26,28)(H,27,29). The summed E-state index contributed by atoms with van der Waals surface area (Å²) in [5.74, 6) is -0.671. The fraction of sp³-hybridized carbons (Fsp3) is 0.167. The molecular formula is C24H25N3O4S. The van der Waals surface area contributed by atoms with E-state index in [-0.39, 0.29) is 22.9 Å². The van der Waals surface area contributed by atoms with E-state index >= 15 is 0 Å². The number of aryl methyl sites for hydroxylation is 2. The van der Waals surface area contributed by atoms with Gasteiger partial charge < -0.3 is 10.6 Å². The van der Waals surface area contributed by atoms with Crippen molar-refractivity contribution in [1.29, 1.82) is 0 Å². The molecule has 0 radical (unpaired) electrons. The molecule has 0 bridgehead atoms. The van der Waals surface area contributed by atoms with E-state index < -0.39 is 15.9 Å². The van der Waals surface area contributed by atoms with Gasteiger partial charge in [0.25, 0.3) is 5.91 Å². The molecule has 0 aliphatic carbocycles. The summed E-state index contributed by atoms with van der Waals surface area (Å²) >= 11 is 0. The lowest BCUT2D eigenvalue weighted by Gasteiger charge is -2.13. The second-order valence-electron chi connectivity index (χ2n) is 7.46. The zero-order valence-corrected chi connectivity index (χ0v) is 18.9. The Labute approximate surface area is 187 Å². The molecule has 2 amide bonds. The van der Waals surface area contributed by atoms with Crippen molar-refractivity contribution in [3.8, 4) is 0 Å². The maximum Gasteiger partial charge on any atom is 0.255 e. The van der Waals surface area contributed by atoms with Gasteiger partial charge in [0.1, 0.15) is 0 Å². The SMILES string of the molecule is CC(=O)Nc1ccc(C)c(NC(=O)c2ccc(C)c(S(=O)(=O)NCc3ccccc3)c2)c1. The van der Waals surface area contributed by atoms with Gasteiger partial charge in [0, 0.05) is 30.4 Å². The van der Waals surface area contributed by atoms with Crippen LogP contribution >= 0.6 is 0 Å². The smallest absolute Gasteiger partial charge is 0.255 e. The van der Waals surface area contributed by atoms with Crippen LogP contribution in [0.4, 0.5) is 11.4 Å². The summed E-state index contributed by atoms with van der Waals surface area (Å²) in [5, 5.41) is 5.46. The summed E-state index contributed by atoms with van der Waals surface area (Å²) in [6.07, 6.45) is 0. The Morgan fingerprint density at radius 3 is 2.22 bits per heavy atom. The second-order valence-corrected chi connectivity index (χ2v) is 9.19. The number of rotatable bonds is 7. The van der Waals surface area contributed by atoms with Crippen molar-refractivity contribution in [3.05, 3.63) is 89.0 Å². The molecule has 0 aliphatic heterocycles. The molecule has 0 heterocycles. The maximum absolute atomic E-state index is 12.9. The van der Waals surface area contributed by atoms with E-state index in [9.17, 15) is 18.0 Å². The summed E-state index contributed by atoms with van der Waals surface area (Å²) in [4.78, 5) is 24.2. The predicted molar refractivity (Wildman–Crippen MR) is 125 cm³/mol. The Hall–Kier alpha value is -3.49. The molecule has 0 spiro atoms. The number of carbonyl (C=O) groups is 2. The van der Waals surface area contributed by atoms with Gasteiger partial charge in [-0.15, -0.1) is 0 Å². The molecule has 7 nitrogen and oxygen atoms in total. The lowest BCUT2D eigenvalue weighted by molar-refractivity contribution is -0.114. The van der Waals surface area contributed by atoms with Gasteiger partial charge in [0.05, 0.1) is 4.90 Å². The molecule has 0 fully saturated rings. The Kier molecular flexibility index (Phi) is 7.07. The van der Waals surface area contributed by atoms with Crippen LogP contribution in [0.5, 0.6) is 0 Å². The van der Waals surface area contributed by atoms with Crippen LogP contribution in [0.1, 0.15) is 34.0 Å². The van der Waals surface area contributed by atoms with Gasteiger partial charge in [-0.2, -0.15) is 0 Å². The summed E-state index contributed by atoms with van der Waals surface area (Å²) in [6.45, 7) is 5.05. The highest BCUT2D eigenvalue weighted by molar-refractivity contribution is 7.89. The first kappa shape index (κ1) is 23.2. The van der Waals surface area contributed by atoms with Crippen molar-refractivity contribution in [2.45, 2.75) is 32.2 Å². The topological polar surface area (TPSA) is 104 Å². The number of nitrogens with one attached hydrogen (secondary N) is 3. The van der Waals surface area contributed by atoms with Gasteiger partial charge in [-0.25, -0.2) is 13.1 Å². The second kappa shape index (κ2) is 9.76. The van der Waals surface area contributed by atoms with Gasteiger partial charge >= 0.3 is 0 Å². The first-order chi connectivity index (χ1) is 15.2. The Bertz CT molecular complexity index is 1260. The molecule has 8 heteroatoms. The number of sulfonamides is 1. The average Bonchev–Trinajstić information content (AvgIpc) is 2.75. The lowest BCUT2D eigenvalue weighted by atomic mass is 10.1. The zero-order valence-electron chi connectivity index (χ0n) is 18.1. The molecule has 0 aromatic heterocycles. The van der Waals surface area contributed by atoms with Crippen molar-refractivity contribution in [3.63, 3.8) is 0 Å². The summed E-state index contributed by atoms with van der Waals surface area (Å²) < 4.78 is 28.3. The van der Waals surface area contributed by atoms with E-state index in [1.165, 1.54) is 13.0 Å². The fourth-order valence-electron chi connectivity index (χ4n) is 3.11. The molecule has 3 N–H and O–H groups in total. The molecular weight excluding hydrogens is 426 g/mol. The molecule has 32 heavy (non-hydrogen) atoms. The quantitative estimate of drug-likeness (QED) is 0.505. The third kappa shape index (κ3) is 5.81. The van der Waals surface area contributed by atoms with Crippen LogP contribution in [0.3, 0.4) is 0 Å². The van der Waals surface area contributed by atoms with E-state index in [4.69, 9.17) is 0 Å². The maximum atomic E-state index is 12.9. The van der Waals surface area contributed by atoms with Crippen molar-refractivity contribution >= 4 is 33.2 Å². The highest BCUT2D eigenvalue weighted by Gasteiger charge is 2.19. The largest absolute Gasteiger partial charge is 0.326 e. The molecule has 166 valence electrons. The zero-order chi connectivity index (χ0) is 23.3. The van der Waals surface area contributed by atoms with Gasteiger partial charge in [0.2, 0.25) is 15.9 Å². The van der Waals surface area contributed by atoms with E-state index in [0.29, 0.717) is 16.9 Å². The third-order valence-electron chi connectivity index (χ3n) is 4.86. The predicted octanol–water partition coefficient (Wildman–Crippen LogP) is 3.99. The molecule has 3 aromatic carbocycles. The van der Waals surface area contributed by atoms with Crippen LogP contribution in [0, 0.1) is 13.8 Å². The van der Waals surface area contributed by atoms with Crippen LogP contribution in [0.2, 0.25) is 0 Å². The Morgan fingerprint density at radius 2 is 1.53 bits per heavy atom. The first-order valence-electron chi connectivity index (χ1n) is 9.99. The molecule has 0 saturated heterocycles. The number of carbonyl (C=O) groups excluding carboxylic acids is 2. The van der Waals surface area contributed by atoms with Crippen LogP contribution in [-0.2, 0) is 21.4 Å². The first-order valence-corrected chi connectivity index (χ1v) is 11.5. The van der Waals surface area contributed by atoms with E-state index in [2.05, 4.69) is 15.4 Å². The van der Waals surface area contributed by atoms with Gasteiger partial charge in [0.15, 0.2) is 0 Å². The molecule has 3 rings (SSSR count). The summed E-state index contributed by atoms with van der Waals surface area (Å²) in [6, 6.07) is 18.9. The Morgan fingerprint density at radius 1 is 0.844 bits per heavy atom. The minimum absolute atomic E-state index is 0.0461. The molecule has 3 aromatic rings. The van der Waals surface area contributed by atoms with Gasteiger partial charge in [-0.05, 0) is 54.8 Å². The number of benzene rings is 3. The van der Waals surface area contributed by atoms with Crippen molar-refractivity contribution in [2.75, 3.05) is 10.6 Å². The van der Waals surface area contributed by atoms with Crippen LogP contribution < -0.4 is 15.4 Å². The minimum Gasteiger partial charge on any atom is -0.326 e. The van der Waals surface area contributed by atoms with Crippen LogP contribution in [-0.4, -0.2) is 20.2 Å². The van der Waals surface area contributed by atoms with Crippen LogP contribution in [0.15, 0.2) is 71.6 Å². The molecule has 0 unspecified atom stereocenters. The average molecular weight is 452 g/mol. The summed E-state index contributed by atoms with van der Waals surface area (Å²) in [7, 11) is -3.82. The highest BCUT2D eigenvalue weighted by atomic mass is 32.2. The van der Waals surface area contributed by atoms with Crippen molar-refractivity contribution in [1.82, 2.24) is 4.72 Å². The van der Waals surface area contributed by atoms with E-state index in [1.54, 1.807) is 37.3 Å².